The van der Waals surface area contributed by atoms with Crippen LogP contribution in [0.3, 0.4) is 0 Å². The van der Waals surface area contributed by atoms with E-state index >= 15 is 0 Å². The number of aromatic nitrogens is 2. The molecular formula is C23H31N3O6. The number of esters is 2. The molecule has 0 radical (unpaired) electrons. The van der Waals surface area contributed by atoms with E-state index < -0.39 is 11.9 Å². The van der Waals surface area contributed by atoms with Gasteiger partial charge >= 0.3 is 11.9 Å². The van der Waals surface area contributed by atoms with Crippen molar-refractivity contribution in [2.45, 2.75) is 40.2 Å². The molecule has 0 saturated heterocycles. The fourth-order valence-corrected chi connectivity index (χ4v) is 2.88. The van der Waals surface area contributed by atoms with Crippen molar-refractivity contribution in [2.75, 3.05) is 32.8 Å². The quantitative estimate of drug-likeness (QED) is 0.414. The van der Waals surface area contributed by atoms with Gasteiger partial charge in [0.15, 0.2) is 0 Å². The summed E-state index contributed by atoms with van der Waals surface area (Å²) in [4.78, 5) is 24.4. The van der Waals surface area contributed by atoms with Crippen molar-refractivity contribution in [3.05, 3.63) is 47.3 Å². The standard InChI is InChI=1S/C23H31N3O6/c1-7-31-22(27)13-19(23(28)32-8-2)24-21-12-18(15(3)4)25-26(21)14-16-9-10-17(29-5)11-20(16)30-6/h9-13,15,24H,7-8,14H2,1-6H3/b19-13-. The Hall–Kier alpha value is -3.49. The highest BCUT2D eigenvalue weighted by molar-refractivity contribution is 5.98. The molecule has 0 aliphatic rings. The fourth-order valence-electron chi connectivity index (χ4n) is 2.88. The third-order valence-electron chi connectivity index (χ3n) is 4.51. The van der Waals surface area contributed by atoms with Crippen molar-refractivity contribution in [3.8, 4) is 11.5 Å². The largest absolute Gasteiger partial charge is 0.497 e. The molecule has 2 rings (SSSR count). The van der Waals surface area contributed by atoms with Crippen LogP contribution < -0.4 is 14.8 Å². The molecule has 0 atom stereocenters. The van der Waals surface area contributed by atoms with Gasteiger partial charge in [-0.3, -0.25) is 0 Å². The molecule has 1 aromatic heterocycles. The molecule has 2 aromatic rings. The normalized spacial score (nSPS) is 11.3. The first-order valence-corrected chi connectivity index (χ1v) is 10.4. The Kier molecular flexibility index (Phi) is 9.12. The van der Waals surface area contributed by atoms with Crippen molar-refractivity contribution < 1.29 is 28.5 Å². The first-order valence-electron chi connectivity index (χ1n) is 10.4. The lowest BCUT2D eigenvalue weighted by atomic mass is 10.1. The van der Waals surface area contributed by atoms with Gasteiger partial charge in [-0.25, -0.2) is 14.3 Å². The summed E-state index contributed by atoms with van der Waals surface area (Å²) >= 11 is 0. The fraction of sp³-hybridized carbons (Fsp3) is 0.435. The lowest BCUT2D eigenvalue weighted by Gasteiger charge is -2.14. The smallest absolute Gasteiger partial charge is 0.355 e. The third-order valence-corrected chi connectivity index (χ3v) is 4.51. The van der Waals surface area contributed by atoms with Crippen LogP contribution in [0.1, 0.15) is 44.9 Å². The number of methoxy groups -OCH3 is 2. The monoisotopic (exact) mass is 445 g/mol. The molecule has 0 saturated carbocycles. The van der Waals surface area contributed by atoms with E-state index in [1.807, 2.05) is 32.0 Å². The van der Waals surface area contributed by atoms with Crippen LogP contribution >= 0.6 is 0 Å². The number of rotatable bonds is 11. The highest BCUT2D eigenvalue weighted by atomic mass is 16.5. The van der Waals surface area contributed by atoms with E-state index in [0.717, 1.165) is 17.3 Å². The Morgan fingerprint density at radius 2 is 1.81 bits per heavy atom. The summed E-state index contributed by atoms with van der Waals surface area (Å²) < 4.78 is 22.5. The topological polar surface area (TPSA) is 101 Å². The van der Waals surface area contributed by atoms with Gasteiger partial charge in [-0.05, 0) is 31.9 Å². The molecule has 174 valence electrons. The van der Waals surface area contributed by atoms with Gasteiger partial charge in [-0.1, -0.05) is 13.8 Å². The number of nitrogens with one attached hydrogen (secondary N) is 1. The molecule has 9 heteroatoms. The summed E-state index contributed by atoms with van der Waals surface area (Å²) in [6, 6.07) is 7.35. The lowest BCUT2D eigenvalue weighted by Crippen LogP contribution is -2.19. The number of ether oxygens (including phenoxy) is 4. The molecule has 0 aliphatic heterocycles. The molecule has 0 bridgehead atoms. The van der Waals surface area contributed by atoms with Crippen LogP contribution in [0, 0.1) is 0 Å². The zero-order chi connectivity index (χ0) is 23.7. The Labute approximate surface area is 188 Å². The van der Waals surface area contributed by atoms with Crippen LogP contribution in [-0.4, -0.2) is 49.2 Å². The Bertz CT molecular complexity index is 965. The number of anilines is 1. The van der Waals surface area contributed by atoms with Crippen molar-refractivity contribution in [2.24, 2.45) is 0 Å². The maximum Gasteiger partial charge on any atom is 0.355 e. The SMILES string of the molecule is CCOC(=O)/C=C(\Nc1cc(C(C)C)nn1Cc1ccc(OC)cc1OC)C(=O)OCC. The van der Waals surface area contributed by atoms with Gasteiger partial charge in [-0.2, -0.15) is 5.10 Å². The Balaban J connectivity index is 2.44. The highest BCUT2D eigenvalue weighted by Crippen LogP contribution is 2.27. The average molecular weight is 446 g/mol. The van der Waals surface area contributed by atoms with Gasteiger partial charge in [0, 0.05) is 17.7 Å². The number of carbonyl (C=O) groups is 2. The molecule has 0 amide bonds. The van der Waals surface area contributed by atoms with Gasteiger partial charge in [0.25, 0.3) is 0 Å². The molecule has 0 unspecified atom stereocenters. The zero-order valence-electron chi connectivity index (χ0n) is 19.4. The second kappa shape index (κ2) is 11.8. The van der Waals surface area contributed by atoms with Crippen LogP contribution in [0.5, 0.6) is 11.5 Å². The highest BCUT2D eigenvalue weighted by Gasteiger charge is 2.19. The van der Waals surface area contributed by atoms with E-state index in [2.05, 4.69) is 10.4 Å². The van der Waals surface area contributed by atoms with Crippen LogP contribution in [0.2, 0.25) is 0 Å². The maximum atomic E-state index is 12.4. The van der Waals surface area contributed by atoms with E-state index in [-0.39, 0.29) is 24.8 Å². The van der Waals surface area contributed by atoms with E-state index in [4.69, 9.17) is 18.9 Å². The van der Waals surface area contributed by atoms with Crippen molar-refractivity contribution in [1.82, 2.24) is 9.78 Å². The van der Waals surface area contributed by atoms with Gasteiger partial charge in [0.05, 0.1) is 45.7 Å². The second-order valence-corrected chi connectivity index (χ2v) is 7.10. The second-order valence-electron chi connectivity index (χ2n) is 7.10. The van der Waals surface area contributed by atoms with Gasteiger partial charge in [-0.15, -0.1) is 0 Å². The van der Waals surface area contributed by atoms with Gasteiger partial charge in [0.2, 0.25) is 0 Å². The summed E-state index contributed by atoms with van der Waals surface area (Å²) in [6.45, 7) is 8.14. The number of hydrogen-bond donors (Lipinski definition) is 1. The Morgan fingerprint density at radius 3 is 2.41 bits per heavy atom. The van der Waals surface area contributed by atoms with Crippen LogP contribution in [0.15, 0.2) is 36.0 Å². The van der Waals surface area contributed by atoms with Crippen LogP contribution in [0.4, 0.5) is 5.82 Å². The first kappa shape index (κ1) is 24.8. The number of hydrogen-bond acceptors (Lipinski definition) is 8. The molecule has 9 nitrogen and oxygen atoms in total. The molecule has 0 aliphatic carbocycles. The van der Waals surface area contributed by atoms with E-state index in [1.54, 1.807) is 38.8 Å². The summed E-state index contributed by atoms with van der Waals surface area (Å²) in [5.74, 6) is 0.681. The number of nitrogens with zero attached hydrogens (tertiary/aromatic N) is 2. The molecule has 1 aromatic carbocycles. The van der Waals surface area contributed by atoms with E-state index in [0.29, 0.717) is 23.9 Å². The third kappa shape index (κ3) is 6.50. The minimum Gasteiger partial charge on any atom is -0.497 e. The van der Waals surface area contributed by atoms with E-state index in [1.165, 1.54) is 0 Å². The molecule has 1 heterocycles. The predicted octanol–water partition coefficient (Wildman–Crippen LogP) is 3.49. The van der Waals surface area contributed by atoms with E-state index in [9.17, 15) is 9.59 Å². The molecule has 32 heavy (non-hydrogen) atoms. The molecule has 0 fully saturated rings. The van der Waals surface area contributed by atoms with Crippen LogP contribution in [-0.2, 0) is 25.6 Å². The molecule has 0 spiro atoms. The van der Waals surface area contributed by atoms with Gasteiger partial charge < -0.3 is 24.3 Å². The average Bonchev–Trinajstić information content (AvgIpc) is 3.16. The van der Waals surface area contributed by atoms with Crippen molar-refractivity contribution in [1.29, 1.82) is 0 Å². The Morgan fingerprint density at radius 1 is 1.09 bits per heavy atom. The summed E-state index contributed by atoms with van der Waals surface area (Å²) in [7, 11) is 3.17. The minimum absolute atomic E-state index is 0.0385. The molecule has 1 N–H and O–H groups in total. The number of carbonyl (C=O) groups excluding carboxylic acids is 2. The first-order chi connectivity index (χ1) is 15.3. The minimum atomic E-state index is -0.665. The van der Waals surface area contributed by atoms with Crippen molar-refractivity contribution in [3.63, 3.8) is 0 Å². The maximum absolute atomic E-state index is 12.4. The van der Waals surface area contributed by atoms with Crippen LogP contribution in [0.25, 0.3) is 0 Å². The van der Waals surface area contributed by atoms with Crippen molar-refractivity contribution >= 4 is 17.8 Å². The summed E-state index contributed by atoms with van der Waals surface area (Å²) in [5, 5.41) is 7.67. The molecular weight excluding hydrogens is 414 g/mol. The summed E-state index contributed by atoms with van der Waals surface area (Å²) in [5.41, 5.74) is 1.64. The van der Waals surface area contributed by atoms with Gasteiger partial charge in [0.1, 0.15) is 23.0 Å². The summed E-state index contributed by atoms with van der Waals surface area (Å²) in [6.07, 6.45) is 1.09. The lowest BCUT2D eigenvalue weighted by molar-refractivity contribution is -0.140. The zero-order valence-corrected chi connectivity index (χ0v) is 19.4. The predicted molar refractivity (Wildman–Crippen MR) is 120 cm³/mol. The number of benzene rings is 1.